The number of rotatable bonds is 6. The summed E-state index contributed by atoms with van der Waals surface area (Å²) in [5.74, 6) is 0.265. The minimum atomic E-state index is -0.449. The molecule has 0 bridgehead atoms. The van der Waals surface area contributed by atoms with Crippen molar-refractivity contribution < 1.29 is 23.8 Å². The lowest BCUT2D eigenvalue weighted by Crippen LogP contribution is -2.21. The molecule has 7 heteroatoms. The van der Waals surface area contributed by atoms with Gasteiger partial charge in [-0.3, -0.25) is 4.79 Å². The van der Waals surface area contributed by atoms with Gasteiger partial charge in [0.25, 0.3) is 5.91 Å². The zero-order valence-electron chi connectivity index (χ0n) is 16.3. The smallest absolute Gasteiger partial charge is 0.337 e. The Morgan fingerprint density at radius 1 is 0.893 bits per heavy atom. The van der Waals surface area contributed by atoms with Crippen LogP contribution in [0.3, 0.4) is 0 Å². The summed E-state index contributed by atoms with van der Waals surface area (Å²) in [4.78, 5) is 27.0. The molecule has 7 nitrogen and oxygen atoms in total. The van der Waals surface area contributed by atoms with Crippen LogP contribution >= 0.6 is 0 Å². The molecule has 1 saturated heterocycles. The number of anilines is 2. The van der Waals surface area contributed by atoms with Crippen molar-refractivity contribution in [2.45, 2.75) is 12.8 Å². The fourth-order valence-electron chi connectivity index (χ4n) is 3.29. The van der Waals surface area contributed by atoms with Crippen molar-refractivity contribution in [3.05, 3.63) is 47.5 Å². The van der Waals surface area contributed by atoms with Gasteiger partial charge in [0.05, 0.1) is 38.3 Å². The third-order valence-corrected chi connectivity index (χ3v) is 4.76. The minimum absolute atomic E-state index is 0.302. The number of carbonyl (C=O) groups excluding carboxylic acids is 2. The van der Waals surface area contributed by atoms with Crippen LogP contribution in [0.25, 0.3) is 0 Å². The van der Waals surface area contributed by atoms with E-state index in [9.17, 15) is 9.59 Å². The largest absolute Gasteiger partial charge is 0.493 e. The van der Waals surface area contributed by atoms with Gasteiger partial charge in [-0.25, -0.2) is 4.79 Å². The SMILES string of the molecule is COC(=O)c1ccc(N2CCCC2)c(NC(=O)c2ccc(OC)c(OC)c2)c1. The molecule has 1 fully saturated rings. The zero-order chi connectivity index (χ0) is 20.1. The molecule has 1 heterocycles. The third-order valence-electron chi connectivity index (χ3n) is 4.76. The molecule has 148 valence electrons. The van der Waals surface area contributed by atoms with Gasteiger partial charge in [-0.1, -0.05) is 0 Å². The molecule has 0 radical (unpaired) electrons. The highest BCUT2D eigenvalue weighted by Crippen LogP contribution is 2.32. The molecule has 0 aliphatic carbocycles. The molecule has 28 heavy (non-hydrogen) atoms. The van der Waals surface area contributed by atoms with Gasteiger partial charge >= 0.3 is 5.97 Å². The zero-order valence-corrected chi connectivity index (χ0v) is 16.3. The molecule has 2 aromatic carbocycles. The lowest BCUT2D eigenvalue weighted by atomic mass is 10.1. The van der Waals surface area contributed by atoms with Crippen LogP contribution in [0.4, 0.5) is 11.4 Å². The molecule has 0 saturated carbocycles. The number of nitrogens with one attached hydrogen (secondary N) is 1. The van der Waals surface area contributed by atoms with Crippen LogP contribution in [0.5, 0.6) is 11.5 Å². The van der Waals surface area contributed by atoms with E-state index < -0.39 is 5.97 Å². The lowest BCUT2D eigenvalue weighted by Gasteiger charge is -2.22. The third kappa shape index (κ3) is 4.03. The summed E-state index contributed by atoms with van der Waals surface area (Å²) < 4.78 is 15.3. The van der Waals surface area contributed by atoms with E-state index in [1.807, 2.05) is 6.07 Å². The highest BCUT2D eigenvalue weighted by atomic mass is 16.5. The molecular formula is C21H24N2O5. The van der Waals surface area contributed by atoms with Crippen LogP contribution in [-0.4, -0.2) is 46.3 Å². The Hall–Kier alpha value is -3.22. The Morgan fingerprint density at radius 3 is 2.21 bits per heavy atom. The van der Waals surface area contributed by atoms with Crippen LogP contribution in [0.15, 0.2) is 36.4 Å². The number of nitrogens with zero attached hydrogens (tertiary/aromatic N) is 1. The van der Waals surface area contributed by atoms with Crippen LogP contribution in [0.1, 0.15) is 33.6 Å². The number of methoxy groups -OCH3 is 3. The maximum Gasteiger partial charge on any atom is 0.337 e. The van der Waals surface area contributed by atoms with Gasteiger partial charge < -0.3 is 24.4 Å². The Labute approximate surface area is 164 Å². The Morgan fingerprint density at radius 2 is 1.57 bits per heavy atom. The second kappa shape index (κ2) is 8.65. The first-order chi connectivity index (χ1) is 13.6. The number of benzene rings is 2. The highest BCUT2D eigenvalue weighted by molar-refractivity contribution is 6.07. The molecule has 0 atom stereocenters. The van der Waals surface area contributed by atoms with E-state index in [1.165, 1.54) is 21.3 Å². The van der Waals surface area contributed by atoms with Crippen molar-refractivity contribution in [1.29, 1.82) is 0 Å². The second-order valence-electron chi connectivity index (χ2n) is 6.44. The molecule has 0 aromatic heterocycles. The minimum Gasteiger partial charge on any atom is -0.493 e. The van der Waals surface area contributed by atoms with Crippen molar-refractivity contribution in [3.8, 4) is 11.5 Å². The number of carbonyl (C=O) groups is 2. The summed E-state index contributed by atoms with van der Waals surface area (Å²) in [5.41, 5.74) is 2.27. The molecule has 1 aliphatic heterocycles. The standard InChI is InChI=1S/C21H24N2O5/c1-26-18-9-7-14(13-19(18)27-2)20(24)22-16-12-15(21(25)28-3)6-8-17(16)23-10-4-5-11-23/h6-9,12-13H,4-5,10-11H2,1-3H3,(H,22,24). The van der Waals surface area contributed by atoms with E-state index in [2.05, 4.69) is 10.2 Å². The van der Waals surface area contributed by atoms with Crippen LogP contribution in [0.2, 0.25) is 0 Å². The topological polar surface area (TPSA) is 77.1 Å². The summed E-state index contributed by atoms with van der Waals surface area (Å²) in [7, 11) is 4.39. The molecule has 0 unspecified atom stereocenters. The van der Waals surface area contributed by atoms with E-state index in [0.717, 1.165) is 31.6 Å². The summed E-state index contributed by atoms with van der Waals surface area (Å²) >= 11 is 0. The van der Waals surface area contributed by atoms with Crippen LogP contribution in [0, 0.1) is 0 Å². The maximum absolute atomic E-state index is 12.9. The molecule has 1 N–H and O–H groups in total. The molecule has 3 rings (SSSR count). The maximum atomic E-state index is 12.9. The van der Waals surface area contributed by atoms with Crippen molar-refractivity contribution >= 4 is 23.3 Å². The molecule has 1 amide bonds. The average molecular weight is 384 g/mol. The van der Waals surface area contributed by atoms with Gasteiger partial charge in [0.1, 0.15) is 0 Å². The van der Waals surface area contributed by atoms with Crippen molar-refractivity contribution in [2.24, 2.45) is 0 Å². The molecule has 0 spiro atoms. The highest BCUT2D eigenvalue weighted by Gasteiger charge is 2.20. The van der Waals surface area contributed by atoms with Gasteiger partial charge in [-0.05, 0) is 49.2 Å². The number of ether oxygens (including phenoxy) is 3. The number of hydrogen-bond donors (Lipinski definition) is 1. The van der Waals surface area contributed by atoms with Crippen molar-refractivity contribution in [3.63, 3.8) is 0 Å². The van der Waals surface area contributed by atoms with Crippen molar-refractivity contribution in [1.82, 2.24) is 0 Å². The summed E-state index contributed by atoms with van der Waals surface area (Å²) in [6.07, 6.45) is 2.20. The van der Waals surface area contributed by atoms with Crippen molar-refractivity contribution in [2.75, 3.05) is 44.6 Å². The fourth-order valence-corrected chi connectivity index (χ4v) is 3.29. The molecule has 1 aliphatic rings. The van der Waals surface area contributed by atoms with E-state index in [1.54, 1.807) is 30.3 Å². The van der Waals surface area contributed by atoms with Crippen LogP contribution in [-0.2, 0) is 4.74 Å². The number of esters is 1. The number of hydrogen-bond acceptors (Lipinski definition) is 6. The predicted octanol–water partition coefficient (Wildman–Crippen LogP) is 3.34. The number of amides is 1. The normalized spacial score (nSPS) is 13.2. The monoisotopic (exact) mass is 384 g/mol. The van der Waals surface area contributed by atoms with Gasteiger partial charge in [0, 0.05) is 18.7 Å². The van der Waals surface area contributed by atoms with E-state index in [4.69, 9.17) is 14.2 Å². The fraction of sp³-hybridized carbons (Fsp3) is 0.333. The summed E-state index contributed by atoms with van der Waals surface area (Å²) in [5, 5.41) is 2.93. The first kappa shape index (κ1) is 19.5. The predicted molar refractivity (Wildman–Crippen MR) is 107 cm³/mol. The van der Waals surface area contributed by atoms with E-state index >= 15 is 0 Å². The molecular weight excluding hydrogens is 360 g/mol. The van der Waals surface area contributed by atoms with E-state index in [0.29, 0.717) is 28.3 Å². The van der Waals surface area contributed by atoms with Gasteiger partial charge in [0.15, 0.2) is 11.5 Å². The second-order valence-corrected chi connectivity index (χ2v) is 6.44. The Balaban J connectivity index is 1.92. The summed E-state index contributed by atoms with van der Waals surface area (Å²) in [6.45, 7) is 1.83. The first-order valence-corrected chi connectivity index (χ1v) is 9.08. The van der Waals surface area contributed by atoms with Gasteiger partial charge in [0.2, 0.25) is 0 Å². The van der Waals surface area contributed by atoms with E-state index in [-0.39, 0.29) is 5.91 Å². The first-order valence-electron chi connectivity index (χ1n) is 9.08. The quantitative estimate of drug-likeness (QED) is 0.770. The molecule has 2 aromatic rings. The Bertz CT molecular complexity index is 875. The Kier molecular flexibility index (Phi) is 6.03. The lowest BCUT2D eigenvalue weighted by molar-refractivity contribution is 0.0600. The van der Waals surface area contributed by atoms with Crippen LogP contribution < -0.4 is 19.7 Å². The summed E-state index contributed by atoms with van der Waals surface area (Å²) in [6, 6.07) is 10.2. The average Bonchev–Trinajstić information content (AvgIpc) is 3.27. The van der Waals surface area contributed by atoms with Gasteiger partial charge in [-0.15, -0.1) is 0 Å². The van der Waals surface area contributed by atoms with Gasteiger partial charge in [-0.2, -0.15) is 0 Å².